The lowest BCUT2D eigenvalue weighted by atomic mass is 9.95. The molecule has 110 valence electrons. The van der Waals surface area contributed by atoms with Crippen molar-refractivity contribution >= 4 is 5.97 Å². The Labute approximate surface area is 123 Å². The summed E-state index contributed by atoms with van der Waals surface area (Å²) in [7, 11) is 0. The average Bonchev–Trinajstić information content (AvgIpc) is 3.14. The molecule has 0 saturated heterocycles. The highest BCUT2D eigenvalue weighted by atomic mass is 16.5. The standard InChI is InChI=1S/C16H18N2O3/c1-11(10-14(19)20)9-13-17-15(18-21-13)16(7-8-16)12-5-3-2-4-6-12/h2-6,11H,7-10H2,1H3,(H,19,20). The van der Waals surface area contributed by atoms with Crippen LogP contribution >= 0.6 is 0 Å². The Balaban J connectivity index is 1.75. The minimum absolute atomic E-state index is 0.0114. The first-order valence-corrected chi connectivity index (χ1v) is 7.20. The maximum Gasteiger partial charge on any atom is 0.303 e. The second kappa shape index (κ2) is 5.31. The van der Waals surface area contributed by atoms with Gasteiger partial charge in [-0.2, -0.15) is 4.98 Å². The van der Waals surface area contributed by atoms with Crippen LogP contribution < -0.4 is 0 Å². The molecule has 0 amide bonds. The molecular weight excluding hydrogens is 268 g/mol. The molecule has 1 aromatic carbocycles. The molecule has 0 radical (unpaired) electrons. The minimum atomic E-state index is -0.801. The lowest BCUT2D eigenvalue weighted by Crippen LogP contribution is -2.11. The lowest BCUT2D eigenvalue weighted by molar-refractivity contribution is -0.137. The Morgan fingerprint density at radius 1 is 1.38 bits per heavy atom. The van der Waals surface area contributed by atoms with Crippen LogP contribution in [-0.4, -0.2) is 21.2 Å². The molecule has 2 aromatic rings. The van der Waals surface area contributed by atoms with Crippen molar-refractivity contribution in [1.29, 1.82) is 0 Å². The molecule has 1 fully saturated rings. The van der Waals surface area contributed by atoms with Crippen LogP contribution in [0.15, 0.2) is 34.9 Å². The third kappa shape index (κ3) is 2.82. The van der Waals surface area contributed by atoms with E-state index in [-0.39, 0.29) is 17.8 Å². The van der Waals surface area contributed by atoms with Gasteiger partial charge in [-0.05, 0) is 24.3 Å². The van der Waals surface area contributed by atoms with Crippen molar-refractivity contribution in [2.24, 2.45) is 5.92 Å². The molecule has 1 N–H and O–H groups in total. The number of carboxylic acid groups (broad SMARTS) is 1. The summed E-state index contributed by atoms with van der Waals surface area (Å²) in [5.74, 6) is 0.444. The first-order chi connectivity index (χ1) is 10.1. The molecule has 0 bridgehead atoms. The second-order valence-corrected chi connectivity index (χ2v) is 5.87. The molecule has 5 nitrogen and oxygen atoms in total. The molecule has 21 heavy (non-hydrogen) atoms. The number of nitrogens with zero attached hydrogens (tertiary/aromatic N) is 2. The Hall–Kier alpha value is -2.17. The van der Waals surface area contributed by atoms with Crippen LogP contribution in [0.4, 0.5) is 0 Å². The molecule has 1 aliphatic rings. The topological polar surface area (TPSA) is 76.2 Å². The van der Waals surface area contributed by atoms with Crippen molar-refractivity contribution in [3.8, 4) is 0 Å². The Kier molecular flexibility index (Phi) is 3.49. The van der Waals surface area contributed by atoms with Gasteiger partial charge in [0.25, 0.3) is 0 Å². The van der Waals surface area contributed by atoms with E-state index in [2.05, 4.69) is 22.3 Å². The predicted molar refractivity (Wildman–Crippen MR) is 75.9 cm³/mol. The highest BCUT2D eigenvalue weighted by molar-refractivity contribution is 5.66. The van der Waals surface area contributed by atoms with Crippen LogP contribution in [0.25, 0.3) is 0 Å². The molecular formula is C16H18N2O3. The summed E-state index contributed by atoms with van der Waals surface area (Å²) < 4.78 is 5.31. The van der Waals surface area contributed by atoms with Crippen molar-refractivity contribution < 1.29 is 14.4 Å². The molecule has 1 unspecified atom stereocenters. The SMILES string of the molecule is CC(CC(=O)O)Cc1nc(C2(c3ccccc3)CC2)no1. The third-order valence-electron chi connectivity index (χ3n) is 4.02. The number of carbonyl (C=O) groups is 1. The van der Waals surface area contributed by atoms with Crippen molar-refractivity contribution in [3.63, 3.8) is 0 Å². The number of rotatable bonds is 6. The molecule has 1 atom stereocenters. The molecule has 1 saturated carbocycles. The van der Waals surface area contributed by atoms with E-state index in [9.17, 15) is 4.79 Å². The van der Waals surface area contributed by atoms with Gasteiger partial charge in [0.2, 0.25) is 5.89 Å². The number of hydrogen-bond acceptors (Lipinski definition) is 4. The van der Waals surface area contributed by atoms with E-state index in [1.54, 1.807) is 0 Å². The molecule has 1 heterocycles. The Morgan fingerprint density at radius 2 is 2.10 bits per heavy atom. The highest BCUT2D eigenvalue weighted by Gasteiger charge is 2.49. The zero-order chi connectivity index (χ0) is 14.9. The molecule has 1 aliphatic carbocycles. The van der Waals surface area contributed by atoms with Crippen LogP contribution in [0.5, 0.6) is 0 Å². The second-order valence-electron chi connectivity index (χ2n) is 5.87. The van der Waals surface area contributed by atoms with Gasteiger partial charge >= 0.3 is 5.97 Å². The number of carboxylic acids is 1. The largest absolute Gasteiger partial charge is 0.481 e. The van der Waals surface area contributed by atoms with Gasteiger partial charge < -0.3 is 9.63 Å². The summed E-state index contributed by atoms with van der Waals surface area (Å²) in [5.41, 5.74) is 1.12. The fraction of sp³-hybridized carbons (Fsp3) is 0.438. The van der Waals surface area contributed by atoms with Crippen LogP contribution in [0.1, 0.15) is 43.5 Å². The monoisotopic (exact) mass is 286 g/mol. The summed E-state index contributed by atoms with van der Waals surface area (Å²) in [6, 6.07) is 10.2. The third-order valence-corrected chi connectivity index (χ3v) is 4.02. The first-order valence-electron chi connectivity index (χ1n) is 7.20. The van der Waals surface area contributed by atoms with Crippen LogP contribution in [0.2, 0.25) is 0 Å². The molecule has 3 rings (SSSR count). The minimum Gasteiger partial charge on any atom is -0.481 e. The summed E-state index contributed by atoms with van der Waals surface area (Å²) in [6.07, 6.45) is 2.67. The first kappa shape index (κ1) is 13.8. The maximum atomic E-state index is 10.7. The van der Waals surface area contributed by atoms with Crippen molar-refractivity contribution in [3.05, 3.63) is 47.6 Å². The lowest BCUT2D eigenvalue weighted by Gasteiger charge is -2.10. The number of aliphatic carboxylic acids is 1. The predicted octanol–water partition coefficient (Wildman–Crippen LogP) is 2.80. The Bertz CT molecular complexity index is 632. The van der Waals surface area contributed by atoms with E-state index in [1.165, 1.54) is 5.56 Å². The normalized spacial score (nSPS) is 17.4. The van der Waals surface area contributed by atoms with Crippen LogP contribution in [0.3, 0.4) is 0 Å². The van der Waals surface area contributed by atoms with E-state index < -0.39 is 5.97 Å². The van der Waals surface area contributed by atoms with Crippen LogP contribution in [-0.2, 0) is 16.6 Å². The molecule has 0 aliphatic heterocycles. The fourth-order valence-corrected chi connectivity index (χ4v) is 2.72. The average molecular weight is 286 g/mol. The summed E-state index contributed by atoms with van der Waals surface area (Å²) in [4.78, 5) is 15.2. The van der Waals surface area contributed by atoms with E-state index in [0.717, 1.165) is 18.7 Å². The van der Waals surface area contributed by atoms with Gasteiger partial charge in [0, 0.05) is 12.8 Å². The number of benzene rings is 1. The van der Waals surface area contributed by atoms with Gasteiger partial charge in [-0.15, -0.1) is 0 Å². The van der Waals surface area contributed by atoms with Gasteiger partial charge in [0.05, 0.1) is 5.41 Å². The van der Waals surface area contributed by atoms with Crippen molar-refractivity contribution in [2.75, 3.05) is 0 Å². The molecule has 0 spiro atoms. The zero-order valence-electron chi connectivity index (χ0n) is 12.0. The van der Waals surface area contributed by atoms with E-state index in [1.807, 2.05) is 25.1 Å². The molecule has 5 heteroatoms. The van der Waals surface area contributed by atoms with Gasteiger partial charge in [0.15, 0.2) is 5.82 Å². The summed E-state index contributed by atoms with van der Waals surface area (Å²) >= 11 is 0. The van der Waals surface area contributed by atoms with Gasteiger partial charge in [-0.3, -0.25) is 4.79 Å². The quantitative estimate of drug-likeness (QED) is 0.883. The van der Waals surface area contributed by atoms with E-state index in [4.69, 9.17) is 9.63 Å². The Morgan fingerprint density at radius 3 is 2.71 bits per heavy atom. The zero-order valence-corrected chi connectivity index (χ0v) is 12.0. The fourth-order valence-electron chi connectivity index (χ4n) is 2.72. The summed E-state index contributed by atoms with van der Waals surface area (Å²) in [6.45, 7) is 1.88. The van der Waals surface area contributed by atoms with Gasteiger partial charge in [0.1, 0.15) is 0 Å². The van der Waals surface area contributed by atoms with E-state index >= 15 is 0 Å². The van der Waals surface area contributed by atoms with Crippen LogP contribution in [0, 0.1) is 5.92 Å². The smallest absolute Gasteiger partial charge is 0.303 e. The van der Waals surface area contributed by atoms with Crippen molar-refractivity contribution in [1.82, 2.24) is 10.1 Å². The highest BCUT2D eigenvalue weighted by Crippen LogP contribution is 2.52. The van der Waals surface area contributed by atoms with Crippen molar-refractivity contribution in [2.45, 2.75) is 38.0 Å². The summed E-state index contributed by atoms with van der Waals surface area (Å²) in [5, 5.41) is 12.9. The number of aromatic nitrogens is 2. The van der Waals surface area contributed by atoms with Gasteiger partial charge in [-0.25, -0.2) is 0 Å². The van der Waals surface area contributed by atoms with E-state index in [0.29, 0.717) is 12.3 Å². The van der Waals surface area contributed by atoms with Gasteiger partial charge in [-0.1, -0.05) is 42.4 Å². The molecule has 1 aromatic heterocycles. The maximum absolute atomic E-state index is 10.7. The number of hydrogen-bond donors (Lipinski definition) is 1.